The summed E-state index contributed by atoms with van der Waals surface area (Å²) in [5.74, 6) is -7.44. The number of likely N-dealkylation sites (N-methyl/N-ethyl adjacent to an activating group) is 4. The minimum absolute atomic E-state index is 0.0805. The second kappa shape index (κ2) is 30.6. The minimum atomic E-state index is -1.54. The van der Waals surface area contributed by atoms with Crippen LogP contribution in [0.15, 0.2) is 73.3 Å². The lowest BCUT2D eigenvalue weighted by Gasteiger charge is -2.35. The molecule has 2 aromatic heterocycles. The Labute approximate surface area is 509 Å². The van der Waals surface area contributed by atoms with Crippen LogP contribution in [-0.4, -0.2) is 163 Å². The average molecular weight is 1360 g/mol. The van der Waals surface area contributed by atoms with Crippen molar-refractivity contribution < 1.29 is 57.3 Å². The number of amides is 4. The molecule has 22 heteroatoms. The highest BCUT2D eigenvalue weighted by molar-refractivity contribution is 14.1. The molecule has 4 amide bonds. The molecule has 4 aromatic rings. The minimum Gasteiger partial charge on any atom is -0.451 e. The molecule has 0 radical (unpaired) electrons. The maximum atomic E-state index is 15.1. The molecule has 20 nitrogen and oxygen atoms in total. The Morgan fingerprint density at radius 3 is 1.11 bits per heavy atom. The van der Waals surface area contributed by atoms with E-state index in [2.05, 4.69) is 55.4 Å². The van der Waals surface area contributed by atoms with Gasteiger partial charge in [0, 0.05) is 53.4 Å². The van der Waals surface area contributed by atoms with Crippen LogP contribution in [0.4, 0.5) is 0 Å². The van der Waals surface area contributed by atoms with Gasteiger partial charge in [0.05, 0.1) is 32.6 Å². The van der Waals surface area contributed by atoms with E-state index >= 15 is 9.59 Å². The Morgan fingerprint density at radius 2 is 0.756 bits per heavy atom. The summed E-state index contributed by atoms with van der Waals surface area (Å²) in [4.78, 5) is 122. The molecule has 1 aliphatic rings. The first kappa shape index (κ1) is 66.9. The summed E-state index contributed by atoms with van der Waals surface area (Å²) in [5.41, 5.74) is 3.00. The zero-order chi connectivity index (χ0) is 60.9. The van der Waals surface area contributed by atoms with Gasteiger partial charge in [0.2, 0.25) is 0 Å². The van der Waals surface area contributed by atoms with Crippen LogP contribution >= 0.6 is 45.2 Å². The normalized spacial score (nSPS) is 23.0. The summed E-state index contributed by atoms with van der Waals surface area (Å²) in [5, 5.41) is 8.77. The van der Waals surface area contributed by atoms with Gasteiger partial charge in [0.25, 0.3) is 23.6 Å². The Kier molecular flexibility index (Phi) is 24.9. The summed E-state index contributed by atoms with van der Waals surface area (Å²) in [6.45, 7) is 18.4. The average Bonchev–Trinajstić information content (AvgIpc) is 4.20. The Morgan fingerprint density at radius 1 is 0.439 bits per heavy atom. The lowest BCUT2D eigenvalue weighted by molar-refractivity contribution is -0.176. The van der Waals surface area contributed by atoms with Crippen LogP contribution < -0.4 is 0 Å². The highest BCUT2D eigenvalue weighted by Crippen LogP contribution is 2.25. The predicted molar refractivity (Wildman–Crippen MR) is 323 cm³/mol. The first-order chi connectivity index (χ1) is 38.5. The van der Waals surface area contributed by atoms with Crippen LogP contribution in [0.1, 0.15) is 117 Å². The lowest BCUT2D eigenvalue weighted by Crippen LogP contribution is -2.55. The summed E-state index contributed by atoms with van der Waals surface area (Å²) in [6, 6.07) is 9.58. The number of carbonyl (C=O) groups excluding carboxylic acids is 8. The molecule has 3 heterocycles. The van der Waals surface area contributed by atoms with E-state index in [-0.39, 0.29) is 62.2 Å². The van der Waals surface area contributed by atoms with E-state index in [9.17, 15) is 28.8 Å². The number of hydrogen-bond donors (Lipinski definition) is 0. The molecule has 448 valence electrons. The zero-order valence-corrected chi connectivity index (χ0v) is 54.1. The van der Waals surface area contributed by atoms with Crippen LogP contribution in [0.5, 0.6) is 0 Å². The molecule has 0 bridgehead atoms. The van der Waals surface area contributed by atoms with E-state index in [0.717, 1.165) is 37.9 Å². The van der Waals surface area contributed by atoms with Crippen molar-refractivity contribution in [2.75, 3.05) is 28.2 Å². The molecule has 0 unspecified atom stereocenters. The van der Waals surface area contributed by atoms with Gasteiger partial charge in [-0.2, -0.15) is 10.2 Å². The van der Waals surface area contributed by atoms with Crippen LogP contribution in [0.3, 0.4) is 0 Å². The van der Waals surface area contributed by atoms with Crippen molar-refractivity contribution in [3.63, 3.8) is 0 Å². The van der Waals surface area contributed by atoms with Crippen LogP contribution in [0.25, 0.3) is 0 Å². The van der Waals surface area contributed by atoms with E-state index in [1.54, 1.807) is 27.8 Å². The number of cyclic esters (lactones) is 4. The molecule has 1 fully saturated rings. The molecule has 82 heavy (non-hydrogen) atoms. The highest BCUT2D eigenvalue weighted by Gasteiger charge is 2.43. The third-order valence-corrected chi connectivity index (χ3v) is 15.3. The quantitative estimate of drug-likeness (QED) is 0.0608. The van der Waals surface area contributed by atoms with Crippen molar-refractivity contribution in [3.05, 3.63) is 103 Å². The largest absolute Gasteiger partial charge is 0.451 e. The molecule has 1 aliphatic heterocycles. The zero-order valence-electron chi connectivity index (χ0n) is 49.7. The van der Waals surface area contributed by atoms with Gasteiger partial charge in [0.1, 0.15) is 24.2 Å². The second-order valence-electron chi connectivity index (χ2n) is 23.1. The first-order valence-corrected chi connectivity index (χ1v) is 30.1. The van der Waals surface area contributed by atoms with Crippen molar-refractivity contribution in [1.29, 1.82) is 0 Å². The van der Waals surface area contributed by atoms with Gasteiger partial charge in [-0.1, -0.05) is 104 Å². The summed E-state index contributed by atoms with van der Waals surface area (Å²) < 4.78 is 29.8. The molecule has 5 rings (SSSR count). The standard InChI is InChI=1S/C60H82I2N8O12/c1-35(2)22-47-57(75)79-40(10)54(72)66(12)50(25-38(7)8)60(78)82-52(28-43-16-15-17-44(26-43)32-70-34-46(62)30-64-70)56(74)68(14)48(23-36(3)4)58(76)80-39(9)53(71)65(11)49(24-37(5)6)59(77)81-51(55(73)67(47)13)27-41-18-20-42(21-19-41)31-69-33-45(61)29-63-69/h15-21,26,29-30,33-40,47-52H,22-25,27-28,31-32H2,1-14H3/t39-,40-,47+,48+,49+,50+,51-,52-/m1/s1. The number of nitrogens with zero attached hydrogens (tertiary/aromatic N) is 8. The van der Waals surface area contributed by atoms with Crippen molar-refractivity contribution >= 4 is 92.7 Å². The number of halogens is 2. The fourth-order valence-electron chi connectivity index (χ4n) is 9.77. The third kappa shape index (κ3) is 19.1. The number of ether oxygens (including phenoxy) is 4. The molecule has 0 spiro atoms. The molecule has 0 N–H and O–H groups in total. The van der Waals surface area contributed by atoms with Gasteiger partial charge in [-0.15, -0.1) is 0 Å². The summed E-state index contributed by atoms with van der Waals surface area (Å²) >= 11 is 4.35. The van der Waals surface area contributed by atoms with Crippen molar-refractivity contribution in [2.24, 2.45) is 23.7 Å². The van der Waals surface area contributed by atoms with Crippen molar-refractivity contribution in [1.82, 2.24) is 39.2 Å². The molecule has 0 aliphatic carbocycles. The number of carbonyl (C=O) groups is 8. The highest BCUT2D eigenvalue weighted by atomic mass is 127. The van der Waals surface area contributed by atoms with Gasteiger partial charge >= 0.3 is 23.9 Å². The van der Waals surface area contributed by atoms with Gasteiger partial charge < -0.3 is 38.5 Å². The Hall–Kier alpha value is -5.92. The fraction of sp³-hybridized carbons (Fsp3) is 0.567. The topological polar surface area (TPSA) is 222 Å². The van der Waals surface area contributed by atoms with E-state index < -0.39 is 96.1 Å². The fourth-order valence-corrected chi connectivity index (χ4v) is 10.7. The third-order valence-electron chi connectivity index (χ3n) is 14.2. The lowest BCUT2D eigenvalue weighted by atomic mass is 9.99. The van der Waals surface area contributed by atoms with E-state index in [1.165, 1.54) is 42.0 Å². The van der Waals surface area contributed by atoms with Crippen molar-refractivity contribution in [2.45, 2.75) is 169 Å². The van der Waals surface area contributed by atoms with Crippen LogP contribution in [0.2, 0.25) is 0 Å². The van der Waals surface area contributed by atoms with Crippen LogP contribution in [0, 0.1) is 30.8 Å². The number of benzene rings is 2. The number of rotatable bonds is 16. The van der Waals surface area contributed by atoms with Gasteiger partial charge in [0.15, 0.2) is 24.4 Å². The SMILES string of the molecule is CC(C)C[C@H]1C(=O)O[C@H](Cc2cccc(Cn3cc(I)cn3)c2)C(=O)N(C)[C@@H](CC(C)C)C(=O)O[C@H](C)C(=O)N(C)[C@@H](CC(C)C)C(=O)O[C@H](Cc2ccc(Cn3cc(I)cn3)cc2)C(=O)N(C)[C@@H](CC(C)C)C(=O)O[C@H](C)C(=O)N1C. The number of hydrogen-bond acceptors (Lipinski definition) is 14. The molecular formula is C60H82I2N8O12. The van der Waals surface area contributed by atoms with Crippen LogP contribution in [-0.2, 0) is 83.2 Å². The summed E-state index contributed by atoms with van der Waals surface area (Å²) in [7, 11) is 5.58. The molecule has 1 saturated heterocycles. The first-order valence-electron chi connectivity index (χ1n) is 27.9. The Bertz CT molecular complexity index is 2840. The Balaban J connectivity index is 1.60. The molecule has 8 atom stereocenters. The van der Waals surface area contributed by atoms with Gasteiger partial charge in [-0.05, 0) is 131 Å². The maximum Gasteiger partial charge on any atom is 0.329 e. The number of aromatic nitrogens is 4. The monoisotopic (exact) mass is 1360 g/mol. The molecular weight excluding hydrogens is 1280 g/mol. The molecule has 2 aromatic carbocycles. The second-order valence-corrected chi connectivity index (χ2v) is 25.6. The van der Waals surface area contributed by atoms with E-state index in [4.69, 9.17) is 18.9 Å². The maximum absolute atomic E-state index is 15.1. The van der Waals surface area contributed by atoms with Gasteiger partial charge in [-0.25, -0.2) is 19.2 Å². The van der Waals surface area contributed by atoms with Crippen molar-refractivity contribution in [3.8, 4) is 0 Å². The van der Waals surface area contributed by atoms with Gasteiger partial charge in [-0.3, -0.25) is 28.5 Å². The molecule has 0 saturated carbocycles. The predicted octanol–water partition coefficient (Wildman–Crippen LogP) is 7.36. The smallest absolute Gasteiger partial charge is 0.329 e. The van der Waals surface area contributed by atoms with E-state index in [1.807, 2.05) is 110 Å². The summed E-state index contributed by atoms with van der Waals surface area (Å²) in [6.07, 6.45) is 1.27. The number of esters is 4. The van der Waals surface area contributed by atoms with E-state index in [0.29, 0.717) is 24.2 Å².